The molecule has 0 radical (unpaired) electrons. The van der Waals surface area contributed by atoms with Gasteiger partial charge >= 0.3 is 0 Å². The molecular weight excluding hydrogens is 302 g/mol. The summed E-state index contributed by atoms with van der Waals surface area (Å²) in [7, 11) is 1.41. The zero-order valence-corrected chi connectivity index (χ0v) is 13.8. The van der Waals surface area contributed by atoms with E-state index >= 15 is 0 Å². The summed E-state index contributed by atoms with van der Waals surface area (Å²) in [5.74, 6) is 0.492. The molecule has 2 aromatic rings. The average molecular weight is 321 g/mol. The number of hydrogen-bond acceptors (Lipinski definition) is 5. The Morgan fingerprint density at radius 1 is 1.18 bits per heavy atom. The van der Waals surface area contributed by atoms with Crippen molar-refractivity contribution in [2.75, 3.05) is 14.2 Å². The number of hydrogen-bond donors (Lipinski definition) is 1. The molecule has 22 heavy (non-hydrogen) atoms. The topological polar surface area (TPSA) is 68.7 Å². The predicted octanol–water partition coefficient (Wildman–Crippen LogP) is 2.63. The lowest BCUT2D eigenvalue weighted by atomic mass is 10.1. The molecule has 2 atom stereocenters. The number of aryl methyl sites for hydroxylation is 1. The molecule has 0 saturated carbocycles. The zero-order chi connectivity index (χ0) is 16.3. The van der Waals surface area contributed by atoms with E-state index in [9.17, 15) is 9.32 Å². The van der Waals surface area contributed by atoms with E-state index in [0.29, 0.717) is 21.2 Å². The highest BCUT2D eigenvalue weighted by Gasteiger charge is 2.23. The molecule has 118 valence electrons. The highest BCUT2D eigenvalue weighted by molar-refractivity contribution is 7.85. The number of benzene rings is 1. The minimum atomic E-state index is -1.51. The van der Waals surface area contributed by atoms with Crippen LogP contribution in [0.25, 0.3) is 0 Å². The minimum Gasteiger partial charge on any atom is -0.481 e. The van der Waals surface area contributed by atoms with Crippen LogP contribution in [0.4, 0.5) is 0 Å². The fourth-order valence-electron chi connectivity index (χ4n) is 2.02. The summed E-state index contributed by atoms with van der Waals surface area (Å²) in [5.41, 5.74) is 1.55. The number of ether oxygens (including phenoxy) is 2. The van der Waals surface area contributed by atoms with Crippen molar-refractivity contribution in [1.82, 2.24) is 4.98 Å². The SMILES string of the molecule is COc1cc([C@@H](C)O)c(S(=O)c2ccc(C)cc2)c(OC)n1. The van der Waals surface area contributed by atoms with E-state index in [0.717, 1.165) is 5.56 Å². The van der Waals surface area contributed by atoms with Crippen molar-refractivity contribution in [1.29, 1.82) is 0 Å². The smallest absolute Gasteiger partial charge is 0.233 e. The third-order valence-electron chi connectivity index (χ3n) is 3.22. The van der Waals surface area contributed by atoms with Gasteiger partial charge < -0.3 is 14.6 Å². The van der Waals surface area contributed by atoms with E-state index < -0.39 is 16.9 Å². The van der Waals surface area contributed by atoms with Gasteiger partial charge in [0.1, 0.15) is 4.90 Å². The van der Waals surface area contributed by atoms with E-state index in [4.69, 9.17) is 9.47 Å². The first-order chi connectivity index (χ1) is 10.5. The van der Waals surface area contributed by atoms with Gasteiger partial charge in [0, 0.05) is 16.5 Å². The molecule has 5 nitrogen and oxygen atoms in total. The Hall–Kier alpha value is -1.92. The van der Waals surface area contributed by atoms with Gasteiger partial charge in [0.05, 0.1) is 31.1 Å². The molecule has 1 aromatic carbocycles. The number of methoxy groups -OCH3 is 2. The molecule has 1 N–H and O–H groups in total. The van der Waals surface area contributed by atoms with Crippen molar-refractivity contribution in [2.24, 2.45) is 0 Å². The molecule has 0 bridgehead atoms. The Morgan fingerprint density at radius 3 is 2.32 bits per heavy atom. The van der Waals surface area contributed by atoms with Gasteiger partial charge in [0.2, 0.25) is 11.8 Å². The molecule has 0 aliphatic carbocycles. The van der Waals surface area contributed by atoms with Gasteiger partial charge in [-0.3, -0.25) is 0 Å². The summed E-state index contributed by atoms with van der Waals surface area (Å²) in [5, 5.41) is 10.0. The Bertz CT molecular complexity index is 683. The van der Waals surface area contributed by atoms with Gasteiger partial charge in [0.25, 0.3) is 0 Å². The monoisotopic (exact) mass is 321 g/mol. The lowest BCUT2D eigenvalue weighted by Crippen LogP contribution is -2.07. The standard InChI is InChI=1S/C16H19NO4S/c1-10-5-7-12(8-6-10)22(19)15-13(11(2)18)9-14(20-3)17-16(15)21-4/h5-9,11,18H,1-4H3/t11-,22?/m1/s1. The molecule has 1 unspecified atom stereocenters. The van der Waals surface area contributed by atoms with E-state index in [1.807, 2.05) is 19.1 Å². The van der Waals surface area contributed by atoms with E-state index in [2.05, 4.69) is 4.98 Å². The summed E-state index contributed by atoms with van der Waals surface area (Å²) in [6.07, 6.45) is -0.824. The summed E-state index contributed by atoms with van der Waals surface area (Å²) in [6, 6.07) is 8.94. The van der Waals surface area contributed by atoms with Gasteiger partial charge in [-0.15, -0.1) is 0 Å². The van der Waals surface area contributed by atoms with E-state index in [-0.39, 0.29) is 5.88 Å². The summed E-state index contributed by atoms with van der Waals surface area (Å²) in [6.45, 7) is 3.56. The maximum atomic E-state index is 12.9. The second-order valence-electron chi connectivity index (χ2n) is 4.85. The van der Waals surface area contributed by atoms with Crippen LogP contribution in [0.15, 0.2) is 40.1 Å². The van der Waals surface area contributed by atoms with Crippen LogP contribution in [0.2, 0.25) is 0 Å². The molecule has 0 saturated heterocycles. The first kappa shape index (κ1) is 16.5. The molecule has 1 aromatic heterocycles. The number of aliphatic hydroxyl groups excluding tert-OH is 1. The Labute approximate surface area is 132 Å². The van der Waals surface area contributed by atoms with Crippen LogP contribution in [0.1, 0.15) is 24.2 Å². The van der Waals surface area contributed by atoms with Crippen LogP contribution in [0.5, 0.6) is 11.8 Å². The molecule has 0 spiro atoms. The number of nitrogens with zero attached hydrogens (tertiary/aromatic N) is 1. The zero-order valence-electron chi connectivity index (χ0n) is 13.0. The lowest BCUT2D eigenvalue weighted by Gasteiger charge is -2.16. The number of aliphatic hydroxyl groups is 1. The predicted molar refractivity (Wildman–Crippen MR) is 83.8 cm³/mol. The summed E-state index contributed by atoms with van der Waals surface area (Å²) in [4.78, 5) is 5.15. The Morgan fingerprint density at radius 2 is 1.82 bits per heavy atom. The maximum absolute atomic E-state index is 12.9. The van der Waals surface area contributed by atoms with Gasteiger partial charge in [-0.05, 0) is 26.0 Å². The highest BCUT2D eigenvalue weighted by atomic mass is 32.2. The van der Waals surface area contributed by atoms with Crippen LogP contribution in [0, 0.1) is 6.92 Å². The third kappa shape index (κ3) is 3.28. The molecule has 0 amide bonds. The molecule has 0 aliphatic heterocycles. The van der Waals surface area contributed by atoms with E-state index in [1.54, 1.807) is 25.1 Å². The minimum absolute atomic E-state index is 0.189. The maximum Gasteiger partial charge on any atom is 0.233 e. The normalized spacial score (nSPS) is 13.5. The van der Waals surface area contributed by atoms with Gasteiger partial charge in [0.15, 0.2) is 0 Å². The van der Waals surface area contributed by atoms with Crippen LogP contribution in [-0.2, 0) is 10.8 Å². The second-order valence-corrected chi connectivity index (χ2v) is 6.27. The quantitative estimate of drug-likeness (QED) is 0.917. The molecule has 1 heterocycles. The van der Waals surface area contributed by atoms with Crippen LogP contribution in [0.3, 0.4) is 0 Å². The second kappa shape index (κ2) is 6.89. The van der Waals surface area contributed by atoms with Crippen molar-refractivity contribution in [2.45, 2.75) is 29.7 Å². The number of aromatic nitrogens is 1. The third-order valence-corrected chi connectivity index (χ3v) is 4.70. The molecular formula is C16H19NO4S. The fraction of sp³-hybridized carbons (Fsp3) is 0.312. The number of pyridine rings is 1. The van der Waals surface area contributed by atoms with Crippen LogP contribution >= 0.6 is 0 Å². The highest BCUT2D eigenvalue weighted by Crippen LogP contribution is 2.34. The largest absolute Gasteiger partial charge is 0.481 e. The molecule has 0 fully saturated rings. The number of rotatable bonds is 5. The fourth-order valence-corrected chi connectivity index (χ4v) is 3.37. The first-order valence-electron chi connectivity index (χ1n) is 6.77. The van der Waals surface area contributed by atoms with Crippen LogP contribution in [-0.4, -0.2) is 28.5 Å². The Balaban J connectivity index is 2.61. The summed E-state index contributed by atoms with van der Waals surface area (Å²) < 4.78 is 23.3. The van der Waals surface area contributed by atoms with Crippen molar-refractivity contribution in [3.63, 3.8) is 0 Å². The molecule has 0 aliphatic rings. The van der Waals surface area contributed by atoms with Gasteiger partial charge in [-0.1, -0.05) is 17.7 Å². The van der Waals surface area contributed by atoms with Crippen molar-refractivity contribution < 1.29 is 18.8 Å². The first-order valence-corrected chi connectivity index (χ1v) is 7.92. The lowest BCUT2D eigenvalue weighted by molar-refractivity contribution is 0.194. The van der Waals surface area contributed by atoms with Crippen LogP contribution < -0.4 is 9.47 Å². The van der Waals surface area contributed by atoms with E-state index in [1.165, 1.54) is 14.2 Å². The molecule has 2 rings (SSSR count). The summed E-state index contributed by atoms with van der Waals surface area (Å²) >= 11 is 0. The Kier molecular flexibility index (Phi) is 5.15. The van der Waals surface area contributed by atoms with Crippen molar-refractivity contribution in [3.8, 4) is 11.8 Å². The molecule has 6 heteroatoms. The van der Waals surface area contributed by atoms with Gasteiger partial charge in [-0.2, -0.15) is 4.98 Å². The average Bonchev–Trinajstić information content (AvgIpc) is 2.53. The van der Waals surface area contributed by atoms with Gasteiger partial charge in [-0.25, -0.2) is 4.21 Å². The van der Waals surface area contributed by atoms with Crippen molar-refractivity contribution >= 4 is 10.8 Å². The van der Waals surface area contributed by atoms with Crippen molar-refractivity contribution in [3.05, 3.63) is 41.5 Å².